The molecule has 0 aliphatic carbocycles. The molecule has 0 saturated carbocycles. The molecule has 4 N–H and O–H groups in total. The van der Waals surface area contributed by atoms with Crippen molar-refractivity contribution in [3.63, 3.8) is 0 Å². The summed E-state index contributed by atoms with van der Waals surface area (Å²) in [6.07, 6.45) is 1.57. The van der Waals surface area contributed by atoms with E-state index in [1.807, 2.05) is 0 Å². The first-order valence-electron chi connectivity index (χ1n) is 4.76. The van der Waals surface area contributed by atoms with Gasteiger partial charge in [0.15, 0.2) is 0 Å². The summed E-state index contributed by atoms with van der Waals surface area (Å²) in [4.78, 5) is 25.9. The standard InChI is InChI=1S/C9H14N4O3/c1-6-3-13-9(16-6)5-12-8(15)4-11-7(14)2-10/h3H,2,4-5,10H2,1H3,(H,11,14)(H,12,15). The normalized spacial score (nSPS) is 9.88. The lowest BCUT2D eigenvalue weighted by Crippen LogP contribution is -2.39. The van der Waals surface area contributed by atoms with Crippen LogP contribution in [0.1, 0.15) is 11.7 Å². The van der Waals surface area contributed by atoms with Gasteiger partial charge in [-0.25, -0.2) is 4.98 Å². The Hall–Kier alpha value is -1.89. The lowest BCUT2D eigenvalue weighted by atomic mass is 10.5. The van der Waals surface area contributed by atoms with Crippen LogP contribution in [-0.4, -0.2) is 29.9 Å². The first kappa shape index (κ1) is 12.2. The topological polar surface area (TPSA) is 110 Å². The average Bonchev–Trinajstić information content (AvgIpc) is 2.69. The van der Waals surface area contributed by atoms with E-state index in [-0.39, 0.29) is 31.4 Å². The number of nitrogens with zero attached hydrogens (tertiary/aromatic N) is 1. The van der Waals surface area contributed by atoms with Gasteiger partial charge in [-0.05, 0) is 6.92 Å². The lowest BCUT2D eigenvalue weighted by Gasteiger charge is -2.03. The van der Waals surface area contributed by atoms with E-state index in [9.17, 15) is 9.59 Å². The fourth-order valence-corrected chi connectivity index (χ4v) is 0.971. The molecule has 0 aliphatic rings. The molecule has 0 radical (unpaired) electrons. The molecule has 2 amide bonds. The van der Waals surface area contributed by atoms with Crippen LogP contribution >= 0.6 is 0 Å². The van der Waals surface area contributed by atoms with Crippen LogP contribution in [0.25, 0.3) is 0 Å². The zero-order valence-corrected chi connectivity index (χ0v) is 8.95. The monoisotopic (exact) mass is 226 g/mol. The van der Waals surface area contributed by atoms with Crippen molar-refractivity contribution >= 4 is 11.8 Å². The quantitative estimate of drug-likeness (QED) is 0.576. The number of hydrogen-bond acceptors (Lipinski definition) is 5. The van der Waals surface area contributed by atoms with Crippen molar-refractivity contribution in [3.05, 3.63) is 17.8 Å². The van der Waals surface area contributed by atoms with Gasteiger partial charge in [0.05, 0.1) is 25.8 Å². The maximum absolute atomic E-state index is 11.2. The third-order valence-corrected chi connectivity index (χ3v) is 1.74. The molecule has 88 valence electrons. The second-order valence-electron chi connectivity index (χ2n) is 3.12. The van der Waals surface area contributed by atoms with Crippen LogP contribution < -0.4 is 16.4 Å². The van der Waals surface area contributed by atoms with Crippen molar-refractivity contribution in [1.82, 2.24) is 15.6 Å². The molecule has 1 aromatic heterocycles. The second kappa shape index (κ2) is 5.86. The van der Waals surface area contributed by atoms with Crippen molar-refractivity contribution in [1.29, 1.82) is 0 Å². The number of carbonyl (C=O) groups excluding carboxylic acids is 2. The summed E-state index contributed by atoms with van der Waals surface area (Å²) in [6, 6.07) is 0. The lowest BCUT2D eigenvalue weighted by molar-refractivity contribution is -0.125. The van der Waals surface area contributed by atoms with Gasteiger partial charge in [0, 0.05) is 0 Å². The Balaban J connectivity index is 2.22. The SMILES string of the molecule is Cc1cnc(CNC(=O)CNC(=O)CN)o1. The van der Waals surface area contributed by atoms with Gasteiger partial charge in [0.2, 0.25) is 17.7 Å². The number of nitrogens with one attached hydrogen (secondary N) is 2. The number of aryl methyl sites for hydroxylation is 1. The molecule has 16 heavy (non-hydrogen) atoms. The number of oxazole rings is 1. The van der Waals surface area contributed by atoms with Crippen molar-refractivity contribution in [2.24, 2.45) is 5.73 Å². The van der Waals surface area contributed by atoms with Gasteiger partial charge < -0.3 is 20.8 Å². The number of rotatable bonds is 5. The molecule has 1 heterocycles. The highest BCUT2D eigenvalue weighted by atomic mass is 16.4. The summed E-state index contributed by atoms with van der Waals surface area (Å²) in [5, 5.41) is 4.89. The third-order valence-electron chi connectivity index (χ3n) is 1.74. The van der Waals surface area contributed by atoms with Crippen LogP contribution in [0.4, 0.5) is 0 Å². The van der Waals surface area contributed by atoms with Crippen molar-refractivity contribution in [2.45, 2.75) is 13.5 Å². The number of hydrogen-bond donors (Lipinski definition) is 3. The molecule has 0 saturated heterocycles. The van der Waals surface area contributed by atoms with E-state index in [1.54, 1.807) is 13.1 Å². The molecule has 7 heteroatoms. The molecule has 1 rings (SSSR count). The van der Waals surface area contributed by atoms with E-state index in [0.29, 0.717) is 11.7 Å². The predicted molar refractivity (Wildman–Crippen MR) is 55.2 cm³/mol. The number of aromatic nitrogens is 1. The van der Waals surface area contributed by atoms with Gasteiger partial charge in [-0.15, -0.1) is 0 Å². The summed E-state index contributed by atoms with van der Waals surface area (Å²) < 4.78 is 5.15. The van der Waals surface area contributed by atoms with Crippen molar-refractivity contribution in [2.75, 3.05) is 13.1 Å². The van der Waals surface area contributed by atoms with Gasteiger partial charge in [-0.3, -0.25) is 9.59 Å². The van der Waals surface area contributed by atoms with Crippen LogP contribution in [0.5, 0.6) is 0 Å². The average molecular weight is 226 g/mol. The van der Waals surface area contributed by atoms with E-state index in [2.05, 4.69) is 15.6 Å². The molecule has 0 aliphatic heterocycles. The summed E-state index contributed by atoms with van der Waals surface area (Å²) in [7, 11) is 0. The Labute approximate surface area is 92.4 Å². The Morgan fingerprint density at radius 3 is 2.75 bits per heavy atom. The molecule has 0 spiro atoms. The van der Waals surface area contributed by atoms with Gasteiger partial charge in [-0.1, -0.05) is 0 Å². The third kappa shape index (κ3) is 4.09. The summed E-state index contributed by atoms with van der Waals surface area (Å²) >= 11 is 0. The summed E-state index contributed by atoms with van der Waals surface area (Å²) in [5.41, 5.74) is 5.06. The minimum absolute atomic E-state index is 0.101. The predicted octanol–water partition coefficient (Wildman–Crippen LogP) is -1.33. The molecule has 0 aromatic carbocycles. The molecular formula is C9H14N4O3. The van der Waals surface area contributed by atoms with Gasteiger partial charge in [0.1, 0.15) is 5.76 Å². The molecule has 0 unspecified atom stereocenters. The second-order valence-corrected chi connectivity index (χ2v) is 3.12. The highest BCUT2D eigenvalue weighted by molar-refractivity contribution is 5.85. The van der Waals surface area contributed by atoms with Crippen LogP contribution in [-0.2, 0) is 16.1 Å². The van der Waals surface area contributed by atoms with Crippen LogP contribution in [0.2, 0.25) is 0 Å². The Kier molecular flexibility index (Phi) is 4.46. The fraction of sp³-hybridized carbons (Fsp3) is 0.444. The zero-order valence-electron chi connectivity index (χ0n) is 8.95. The molecule has 7 nitrogen and oxygen atoms in total. The van der Waals surface area contributed by atoms with E-state index < -0.39 is 0 Å². The number of amides is 2. The van der Waals surface area contributed by atoms with Crippen LogP contribution in [0.15, 0.2) is 10.6 Å². The van der Waals surface area contributed by atoms with Gasteiger partial charge in [-0.2, -0.15) is 0 Å². The van der Waals surface area contributed by atoms with Gasteiger partial charge in [0.25, 0.3) is 0 Å². The summed E-state index contributed by atoms with van der Waals surface area (Å²) in [5.74, 6) is 0.413. The number of nitrogens with two attached hydrogens (primary N) is 1. The van der Waals surface area contributed by atoms with Crippen molar-refractivity contribution in [3.8, 4) is 0 Å². The fourth-order valence-electron chi connectivity index (χ4n) is 0.971. The maximum atomic E-state index is 11.2. The minimum Gasteiger partial charge on any atom is -0.444 e. The van der Waals surface area contributed by atoms with Crippen LogP contribution in [0, 0.1) is 6.92 Å². The zero-order chi connectivity index (χ0) is 12.0. The first-order chi connectivity index (χ1) is 7.61. The Bertz CT molecular complexity index is 375. The van der Waals surface area contributed by atoms with E-state index in [4.69, 9.17) is 10.2 Å². The number of carbonyl (C=O) groups is 2. The van der Waals surface area contributed by atoms with E-state index in [0.717, 1.165) is 0 Å². The molecular weight excluding hydrogens is 212 g/mol. The molecule has 1 aromatic rings. The Morgan fingerprint density at radius 1 is 1.44 bits per heavy atom. The highest BCUT2D eigenvalue weighted by Gasteiger charge is 2.05. The minimum atomic E-state index is -0.373. The van der Waals surface area contributed by atoms with Gasteiger partial charge >= 0.3 is 0 Å². The van der Waals surface area contributed by atoms with E-state index >= 15 is 0 Å². The van der Waals surface area contributed by atoms with Crippen molar-refractivity contribution < 1.29 is 14.0 Å². The Morgan fingerprint density at radius 2 is 2.19 bits per heavy atom. The largest absolute Gasteiger partial charge is 0.444 e. The van der Waals surface area contributed by atoms with Crippen LogP contribution in [0.3, 0.4) is 0 Å². The molecule has 0 bridgehead atoms. The smallest absolute Gasteiger partial charge is 0.239 e. The first-order valence-corrected chi connectivity index (χ1v) is 4.76. The maximum Gasteiger partial charge on any atom is 0.239 e. The van der Waals surface area contributed by atoms with E-state index in [1.165, 1.54) is 0 Å². The highest BCUT2D eigenvalue weighted by Crippen LogP contribution is 1.99. The summed E-state index contributed by atoms with van der Waals surface area (Å²) in [6.45, 7) is 1.73. The molecule has 0 fully saturated rings. The molecule has 0 atom stereocenters.